The van der Waals surface area contributed by atoms with Gasteiger partial charge in [0.2, 0.25) is 0 Å². The molecule has 1 unspecified atom stereocenters. The quantitative estimate of drug-likeness (QED) is 0.920. The van der Waals surface area contributed by atoms with Crippen molar-refractivity contribution in [2.45, 2.75) is 13.0 Å². The van der Waals surface area contributed by atoms with E-state index in [0.29, 0.717) is 17.2 Å². The second-order valence-corrected chi connectivity index (χ2v) is 5.96. The number of pyridine rings is 1. The topological polar surface area (TPSA) is 70.5 Å². The monoisotopic (exact) mass is 302 g/mol. The van der Waals surface area contributed by atoms with Gasteiger partial charge in [-0.25, -0.2) is 4.79 Å². The lowest BCUT2D eigenvalue weighted by atomic mass is 10.1. The summed E-state index contributed by atoms with van der Waals surface area (Å²) in [6.07, 6.45) is 0. The lowest BCUT2D eigenvalue weighted by molar-refractivity contribution is -0.140. The number of hydrogen-bond donors (Lipinski definition) is 1. The van der Waals surface area contributed by atoms with Crippen molar-refractivity contribution in [3.8, 4) is 0 Å². The van der Waals surface area contributed by atoms with Gasteiger partial charge in [0, 0.05) is 16.8 Å². The zero-order chi connectivity index (χ0) is 15.0. The highest BCUT2D eigenvalue weighted by atomic mass is 32.2. The van der Waals surface area contributed by atoms with E-state index in [-0.39, 0.29) is 5.91 Å². The summed E-state index contributed by atoms with van der Waals surface area (Å²) in [5.41, 5.74) is 2.02. The summed E-state index contributed by atoms with van der Waals surface area (Å²) in [4.78, 5) is 29.8. The highest BCUT2D eigenvalue weighted by Gasteiger charge is 2.35. The zero-order valence-electron chi connectivity index (χ0n) is 11.4. The zero-order valence-corrected chi connectivity index (χ0v) is 12.3. The fourth-order valence-electron chi connectivity index (χ4n) is 2.49. The molecule has 1 aromatic carbocycles. The molecule has 108 valence electrons. The Morgan fingerprint density at radius 3 is 2.90 bits per heavy atom. The minimum Gasteiger partial charge on any atom is -0.480 e. The van der Waals surface area contributed by atoms with Crippen LogP contribution < -0.4 is 0 Å². The van der Waals surface area contributed by atoms with Crippen molar-refractivity contribution >= 4 is 34.5 Å². The molecule has 6 heteroatoms. The summed E-state index contributed by atoms with van der Waals surface area (Å²) >= 11 is 1.46. The molecule has 21 heavy (non-hydrogen) atoms. The van der Waals surface area contributed by atoms with Crippen LogP contribution >= 0.6 is 11.8 Å². The van der Waals surface area contributed by atoms with E-state index in [1.165, 1.54) is 16.7 Å². The Bertz CT molecular complexity index is 732. The Kier molecular flexibility index (Phi) is 3.55. The molecule has 1 aromatic heterocycles. The first-order chi connectivity index (χ1) is 10.1. The lowest BCUT2D eigenvalue weighted by Crippen LogP contribution is -2.41. The fourth-order valence-corrected chi connectivity index (χ4v) is 3.63. The number of aromatic nitrogens is 1. The van der Waals surface area contributed by atoms with Gasteiger partial charge in [-0.15, -0.1) is 11.8 Å². The van der Waals surface area contributed by atoms with Gasteiger partial charge in [-0.3, -0.25) is 9.78 Å². The molecule has 1 N–H and O–H groups in total. The minimum absolute atomic E-state index is 0.242. The molecule has 2 heterocycles. The predicted molar refractivity (Wildman–Crippen MR) is 81.4 cm³/mol. The van der Waals surface area contributed by atoms with Gasteiger partial charge in [-0.2, -0.15) is 0 Å². The minimum atomic E-state index is -0.955. The van der Waals surface area contributed by atoms with Gasteiger partial charge in [0.05, 0.1) is 17.0 Å². The maximum Gasteiger partial charge on any atom is 0.327 e. The number of rotatable bonds is 2. The number of para-hydroxylation sites is 1. The molecule has 0 aliphatic carbocycles. The molecular formula is C15H14N2O3S. The van der Waals surface area contributed by atoms with Crippen molar-refractivity contribution in [2.75, 3.05) is 11.6 Å². The van der Waals surface area contributed by atoms with Gasteiger partial charge in [0.25, 0.3) is 5.91 Å². The standard InChI is InChI=1S/C15H14N2O3S/c1-9-6-11(10-4-2-3-5-12(10)16-9)14(18)17-8-21-7-13(17)15(19)20/h2-6,13H,7-8H2,1H3,(H,19,20). The van der Waals surface area contributed by atoms with E-state index >= 15 is 0 Å². The Balaban J connectivity index is 2.07. The van der Waals surface area contributed by atoms with Crippen molar-refractivity contribution in [1.29, 1.82) is 0 Å². The van der Waals surface area contributed by atoms with E-state index in [1.807, 2.05) is 31.2 Å². The molecule has 1 aliphatic rings. The van der Waals surface area contributed by atoms with Crippen LogP contribution in [-0.4, -0.2) is 44.5 Å². The highest BCUT2D eigenvalue weighted by Crippen LogP contribution is 2.26. The molecule has 5 nitrogen and oxygen atoms in total. The van der Waals surface area contributed by atoms with Gasteiger partial charge in [0.1, 0.15) is 6.04 Å². The number of carboxylic acids is 1. The number of aryl methyl sites for hydroxylation is 1. The van der Waals surface area contributed by atoms with E-state index in [4.69, 9.17) is 0 Å². The molecule has 3 rings (SSSR count). The van der Waals surface area contributed by atoms with Crippen LogP contribution in [0.3, 0.4) is 0 Å². The van der Waals surface area contributed by atoms with Crippen LogP contribution in [0.25, 0.3) is 10.9 Å². The van der Waals surface area contributed by atoms with Crippen LogP contribution in [-0.2, 0) is 4.79 Å². The Labute approximate surface area is 126 Å². The number of nitrogens with zero attached hydrogens (tertiary/aromatic N) is 2. The first-order valence-electron chi connectivity index (χ1n) is 6.56. The molecule has 2 aromatic rings. The number of thioether (sulfide) groups is 1. The summed E-state index contributed by atoms with van der Waals surface area (Å²) in [6, 6.07) is 8.39. The van der Waals surface area contributed by atoms with Crippen molar-refractivity contribution in [3.05, 3.63) is 41.6 Å². The average molecular weight is 302 g/mol. The Morgan fingerprint density at radius 2 is 2.14 bits per heavy atom. The maximum absolute atomic E-state index is 12.7. The van der Waals surface area contributed by atoms with Crippen LogP contribution in [0, 0.1) is 6.92 Å². The normalized spacial score (nSPS) is 18.1. The van der Waals surface area contributed by atoms with Crippen LogP contribution in [0.1, 0.15) is 16.1 Å². The number of amides is 1. The average Bonchev–Trinajstić information content (AvgIpc) is 2.95. The summed E-state index contributed by atoms with van der Waals surface area (Å²) < 4.78 is 0. The van der Waals surface area contributed by atoms with Crippen molar-refractivity contribution in [3.63, 3.8) is 0 Å². The van der Waals surface area contributed by atoms with Gasteiger partial charge in [-0.1, -0.05) is 18.2 Å². The molecule has 1 aliphatic heterocycles. The first-order valence-corrected chi connectivity index (χ1v) is 7.71. The van der Waals surface area contributed by atoms with E-state index in [2.05, 4.69) is 4.98 Å². The van der Waals surface area contributed by atoms with Gasteiger partial charge >= 0.3 is 5.97 Å². The largest absolute Gasteiger partial charge is 0.480 e. The molecule has 0 radical (unpaired) electrons. The molecule has 1 atom stereocenters. The Morgan fingerprint density at radius 1 is 1.38 bits per heavy atom. The summed E-state index contributed by atoms with van der Waals surface area (Å²) in [5.74, 6) is -0.355. The van der Waals surface area contributed by atoms with E-state index in [9.17, 15) is 14.7 Å². The van der Waals surface area contributed by atoms with E-state index in [0.717, 1.165) is 16.6 Å². The third kappa shape index (κ3) is 2.47. The molecule has 1 amide bonds. The Hall–Kier alpha value is -2.08. The lowest BCUT2D eigenvalue weighted by Gasteiger charge is -2.21. The smallest absolute Gasteiger partial charge is 0.327 e. The molecular weight excluding hydrogens is 288 g/mol. The third-order valence-corrected chi connectivity index (χ3v) is 4.52. The molecule has 0 bridgehead atoms. The van der Waals surface area contributed by atoms with Crippen molar-refractivity contribution in [2.24, 2.45) is 0 Å². The van der Waals surface area contributed by atoms with E-state index < -0.39 is 12.0 Å². The summed E-state index contributed by atoms with van der Waals surface area (Å²) in [7, 11) is 0. The van der Waals surface area contributed by atoms with Gasteiger partial charge in [-0.05, 0) is 19.1 Å². The number of hydrogen-bond acceptors (Lipinski definition) is 4. The summed E-state index contributed by atoms with van der Waals surface area (Å²) in [5, 5.41) is 9.99. The van der Waals surface area contributed by atoms with Crippen LogP contribution in [0.15, 0.2) is 30.3 Å². The second kappa shape index (κ2) is 5.37. The second-order valence-electron chi connectivity index (χ2n) is 4.96. The number of aliphatic carboxylic acids is 1. The number of fused-ring (bicyclic) bond motifs is 1. The predicted octanol–water partition coefficient (Wildman–Crippen LogP) is 2.14. The molecule has 0 spiro atoms. The highest BCUT2D eigenvalue weighted by molar-refractivity contribution is 7.99. The van der Waals surface area contributed by atoms with Crippen molar-refractivity contribution in [1.82, 2.24) is 9.88 Å². The van der Waals surface area contributed by atoms with Gasteiger partial charge in [0.15, 0.2) is 0 Å². The number of carbonyl (C=O) groups is 2. The molecule has 0 saturated carbocycles. The SMILES string of the molecule is Cc1cc(C(=O)N2CSCC2C(=O)O)c2ccccc2n1. The van der Waals surface area contributed by atoms with Crippen LogP contribution in [0.2, 0.25) is 0 Å². The molecule has 1 fully saturated rings. The number of benzene rings is 1. The van der Waals surface area contributed by atoms with Crippen LogP contribution in [0.4, 0.5) is 0 Å². The number of carboxylic acid groups (broad SMARTS) is 1. The third-order valence-electron chi connectivity index (χ3n) is 3.50. The summed E-state index contributed by atoms with van der Waals surface area (Å²) in [6.45, 7) is 1.83. The van der Waals surface area contributed by atoms with Crippen molar-refractivity contribution < 1.29 is 14.7 Å². The van der Waals surface area contributed by atoms with E-state index in [1.54, 1.807) is 6.07 Å². The fraction of sp³-hybridized carbons (Fsp3) is 0.267. The maximum atomic E-state index is 12.7. The number of carbonyl (C=O) groups excluding carboxylic acids is 1. The molecule has 1 saturated heterocycles. The first kappa shape index (κ1) is 13.9. The van der Waals surface area contributed by atoms with Gasteiger partial charge < -0.3 is 10.0 Å². The van der Waals surface area contributed by atoms with Crippen LogP contribution in [0.5, 0.6) is 0 Å².